The van der Waals surface area contributed by atoms with E-state index in [1.54, 1.807) is 24.3 Å². The number of hydrogen-bond donors (Lipinski definition) is 2. The van der Waals surface area contributed by atoms with Gasteiger partial charge in [-0.3, -0.25) is 4.79 Å². The lowest BCUT2D eigenvalue weighted by atomic mass is 10.2. The highest BCUT2D eigenvalue weighted by Crippen LogP contribution is 2.35. The molecule has 144 valence electrons. The SMILES string of the molecule is Cc1ccc(NCC(=O)N/N=C\c2ccc(-c3cc(Cl)c(Cl)cc3Cl)o2)cc1. The van der Waals surface area contributed by atoms with Gasteiger partial charge in [-0.15, -0.1) is 0 Å². The number of hydrogen-bond acceptors (Lipinski definition) is 4. The standard InChI is InChI=1S/C20H16Cl3N3O2/c1-12-2-4-13(5-3-12)24-11-20(27)26-25-10-14-6-7-19(28-14)15-8-17(22)18(23)9-16(15)21/h2-10,24H,11H2,1H3,(H,26,27)/b25-10-. The first kappa shape index (κ1) is 20.3. The summed E-state index contributed by atoms with van der Waals surface area (Å²) in [4.78, 5) is 11.9. The first-order chi connectivity index (χ1) is 13.4. The summed E-state index contributed by atoms with van der Waals surface area (Å²) in [7, 11) is 0. The maximum absolute atomic E-state index is 11.9. The van der Waals surface area contributed by atoms with E-state index in [1.807, 2.05) is 31.2 Å². The van der Waals surface area contributed by atoms with Crippen molar-refractivity contribution in [3.8, 4) is 11.3 Å². The number of benzene rings is 2. The molecule has 28 heavy (non-hydrogen) atoms. The van der Waals surface area contributed by atoms with E-state index < -0.39 is 0 Å². The van der Waals surface area contributed by atoms with E-state index >= 15 is 0 Å². The Morgan fingerprint density at radius 1 is 1.04 bits per heavy atom. The predicted molar refractivity (Wildman–Crippen MR) is 115 cm³/mol. The third kappa shape index (κ3) is 5.29. The number of furan rings is 1. The van der Waals surface area contributed by atoms with Gasteiger partial charge >= 0.3 is 0 Å². The number of nitrogens with zero attached hydrogens (tertiary/aromatic N) is 1. The number of aryl methyl sites for hydroxylation is 1. The molecular formula is C20H16Cl3N3O2. The lowest BCUT2D eigenvalue weighted by Gasteiger charge is -2.05. The van der Waals surface area contributed by atoms with Crippen molar-refractivity contribution < 1.29 is 9.21 Å². The van der Waals surface area contributed by atoms with E-state index in [4.69, 9.17) is 39.2 Å². The average molecular weight is 437 g/mol. The second-order valence-corrected chi connectivity index (χ2v) is 7.18. The van der Waals surface area contributed by atoms with Crippen molar-refractivity contribution in [2.45, 2.75) is 6.92 Å². The molecule has 3 rings (SSSR count). The maximum Gasteiger partial charge on any atom is 0.259 e. The topological polar surface area (TPSA) is 66.6 Å². The molecule has 5 nitrogen and oxygen atoms in total. The second-order valence-electron chi connectivity index (χ2n) is 5.96. The van der Waals surface area contributed by atoms with Gasteiger partial charge in [0.2, 0.25) is 0 Å². The molecule has 0 spiro atoms. The van der Waals surface area contributed by atoms with Crippen LogP contribution in [0, 0.1) is 6.92 Å². The van der Waals surface area contributed by atoms with Gasteiger partial charge in [-0.1, -0.05) is 52.5 Å². The van der Waals surface area contributed by atoms with Crippen LogP contribution < -0.4 is 10.7 Å². The highest BCUT2D eigenvalue weighted by atomic mass is 35.5. The maximum atomic E-state index is 11.9. The van der Waals surface area contributed by atoms with Crippen LogP contribution in [-0.2, 0) is 4.79 Å². The summed E-state index contributed by atoms with van der Waals surface area (Å²) in [5.41, 5.74) is 5.06. The van der Waals surface area contributed by atoms with Gasteiger partial charge in [0.25, 0.3) is 5.91 Å². The summed E-state index contributed by atoms with van der Waals surface area (Å²) in [6.07, 6.45) is 1.40. The van der Waals surface area contributed by atoms with E-state index in [9.17, 15) is 4.79 Å². The van der Waals surface area contributed by atoms with Crippen LogP contribution in [0.1, 0.15) is 11.3 Å². The molecule has 1 aromatic heterocycles. The molecule has 0 aliphatic rings. The Balaban J connectivity index is 1.56. The quantitative estimate of drug-likeness (QED) is 0.292. The van der Waals surface area contributed by atoms with Gasteiger partial charge in [-0.25, -0.2) is 5.43 Å². The first-order valence-corrected chi connectivity index (χ1v) is 9.43. The molecule has 0 aliphatic carbocycles. The molecule has 1 heterocycles. The molecule has 0 saturated carbocycles. The molecule has 8 heteroatoms. The molecule has 0 bridgehead atoms. The summed E-state index contributed by atoms with van der Waals surface area (Å²) >= 11 is 18.1. The fourth-order valence-corrected chi connectivity index (χ4v) is 2.98. The second kappa shape index (κ2) is 9.15. The monoisotopic (exact) mass is 435 g/mol. The predicted octanol–water partition coefficient (Wildman–Crippen LogP) is 5.78. The number of anilines is 1. The minimum absolute atomic E-state index is 0.0999. The van der Waals surface area contributed by atoms with Crippen LogP contribution in [0.3, 0.4) is 0 Å². The lowest BCUT2D eigenvalue weighted by Crippen LogP contribution is -2.25. The molecular weight excluding hydrogens is 421 g/mol. The summed E-state index contributed by atoms with van der Waals surface area (Å²) < 4.78 is 5.67. The number of carbonyl (C=O) groups is 1. The first-order valence-electron chi connectivity index (χ1n) is 8.29. The van der Waals surface area contributed by atoms with Crippen molar-refractivity contribution in [1.29, 1.82) is 0 Å². The number of carbonyl (C=O) groups excluding carboxylic acids is 1. The molecule has 0 unspecified atom stereocenters. The fourth-order valence-electron chi connectivity index (χ4n) is 2.34. The average Bonchev–Trinajstić information content (AvgIpc) is 3.13. The molecule has 0 fully saturated rings. The summed E-state index contributed by atoms with van der Waals surface area (Å²) in [6, 6.07) is 14.4. The van der Waals surface area contributed by atoms with Gasteiger partial charge in [-0.2, -0.15) is 5.10 Å². The van der Waals surface area contributed by atoms with Crippen LogP contribution in [0.2, 0.25) is 15.1 Å². The number of halogens is 3. The molecule has 0 radical (unpaired) electrons. The highest BCUT2D eigenvalue weighted by Gasteiger charge is 2.11. The zero-order valence-electron chi connectivity index (χ0n) is 14.8. The molecule has 2 N–H and O–H groups in total. The van der Waals surface area contributed by atoms with Crippen molar-refractivity contribution in [2.75, 3.05) is 11.9 Å². The third-order valence-electron chi connectivity index (χ3n) is 3.79. The van der Waals surface area contributed by atoms with Crippen LogP contribution in [0.4, 0.5) is 5.69 Å². The Kier molecular flexibility index (Phi) is 6.62. The highest BCUT2D eigenvalue weighted by molar-refractivity contribution is 6.44. The summed E-state index contributed by atoms with van der Waals surface area (Å²) in [6.45, 7) is 2.10. The van der Waals surface area contributed by atoms with Crippen LogP contribution in [0.5, 0.6) is 0 Å². The van der Waals surface area contributed by atoms with Gasteiger partial charge in [0.05, 0.1) is 27.8 Å². The molecule has 0 aliphatic heterocycles. The van der Waals surface area contributed by atoms with Crippen molar-refractivity contribution in [3.63, 3.8) is 0 Å². The largest absolute Gasteiger partial charge is 0.455 e. The van der Waals surface area contributed by atoms with Gasteiger partial charge in [0.15, 0.2) is 0 Å². The Labute approximate surface area is 177 Å². The molecule has 0 saturated heterocycles. The number of rotatable bonds is 6. The van der Waals surface area contributed by atoms with E-state index in [2.05, 4.69) is 15.8 Å². The summed E-state index contributed by atoms with van der Waals surface area (Å²) in [5, 5.41) is 8.07. The van der Waals surface area contributed by atoms with Crippen LogP contribution in [0.15, 0.2) is 58.0 Å². The van der Waals surface area contributed by atoms with Crippen LogP contribution in [0.25, 0.3) is 11.3 Å². The molecule has 1 amide bonds. The Hall–Kier alpha value is -2.47. The number of amides is 1. The van der Waals surface area contributed by atoms with E-state index in [-0.39, 0.29) is 12.5 Å². The fraction of sp³-hybridized carbons (Fsp3) is 0.100. The van der Waals surface area contributed by atoms with Crippen molar-refractivity contribution in [2.24, 2.45) is 5.10 Å². The Morgan fingerprint density at radius 3 is 2.50 bits per heavy atom. The van der Waals surface area contributed by atoms with E-state index in [0.29, 0.717) is 32.2 Å². The van der Waals surface area contributed by atoms with Gasteiger partial charge in [0, 0.05) is 11.3 Å². The zero-order valence-corrected chi connectivity index (χ0v) is 17.1. The van der Waals surface area contributed by atoms with Gasteiger partial charge in [-0.05, 0) is 43.3 Å². The summed E-state index contributed by atoms with van der Waals surface area (Å²) in [5.74, 6) is 0.678. The van der Waals surface area contributed by atoms with Crippen molar-refractivity contribution in [3.05, 3.63) is 74.9 Å². The van der Waals surface area contributed by atoms with Crippen LogP contribution >= 0.6 is 34.8 Å². The van der Waals surface area contributed by atoms with Gasteiger partial charge < -0.3 is 9.73 Å². The minimum atomic E-state index is -0.281. The zero-order chi connectivity index (χ0) is 20.1. The van der Waals surface area contributed by atoms with Crippen molar-refractivity contribution >= 4 is 52.6 Å². The molecule has 3 aromatic rings. The smallest absolute Gasteiger partial charge is 0.259 e. The van der Waals surface area contributed by atoms with E-state index in [1.165, 1.54) is 6.21 Å². The van der Waals surface area contributed by atoms with E-state index in [0.717, 1.165) is 11.3 Å². The molecule has 2 aromatic carbocycles. The number of hydrazone groups is 1. The lowest BCUT2D eigenvalue weighted by molar-refractivity contribution is -0.119. The number of nitrogens with one attached hydrogen (secondary N) is 2. The molecule has 0 atom stereocenters. The van der Waals surface area contributed by atoms with Crippen molar-refractivity contribution in [1.82, 2.24) is 5.43 Å². The Bertz CT molecular complexity index is 1010. The Morgan fingerprint density at radius 2 is 1.75 bits per heavy atom. The van der Waals surface area contributed by atoms with Crippen LogP contribution in [-0.4, -0.2) is 18.7 Å². The van der Waals surface area contributed by atoms with Gasteiger partial charge in [0.1, 0.15) is 11.5 Å². The third-order valence-corrected chi connectivity index (χ3v) is 4.82. The minimum Gasteiger partial charge on any atom is -0.455 e. The normalized spacial score (nSPS) is 11.0.